The highest BCUT2D eigenvalue weighted by molar-refractivity contribution is 6.32. The molecule has 0 radical (unpaired) electrons. The lowest BCUT2D eigenvalue weighted by molar-refractivity contribution is 0.119. The van der Waals surface area contributed by atoms with E-state index < -0.39 is 6.10 Å². The van der Waals surface area contributed by atoms with Gasteiger partial charge < -0.3 is 10.4 Å². The molecule has 2 rings (SSSR count). The summed E-state index contributed by atoms with van der Waals surface area (Å²) in [7, 11) is 0. The third-order valence-corrected chi connectivity index (χ3v) is 4.57. The van der Waals surface area contributed by atoms with Gasteiger partial charge >= 0.3 is 0 Å². The number of nitriles is 1. The second kappa shape index (κ2) is 7.65. The van der Waals surface area contributed by atoms with E-state index in [0.29, 0.717) is 23.6 Å². The van der Waals surface area contributed by atoms with Crippen LogP contribution < -0.4 is 5.32 Å². The molecule has 24 heavy (non-hydrogen) atoms. The Hall–Kier alpha value is -2.09. The highest BCUT2D eigenvalue weighted by Crippen LogP contribution is 2.32. The highest BCUT2D eigenvalue weighted by Gasteiger charge is 2.23. The van der Waals surface area contributed by atoms with Crippen molar-refractivity contribution in [2.45, 2.75) is 33.3 Å². The SMILES string of the molecule is Cc1c(NCC(C)(C)CC(O)c2cccnc2)ccc(C#N)c1Cl. The Morgan fingerprint density at radius 3 is 2.75 bits per heavy atom. The predicted octanol–water partition coefficient (Wildman–Crippen LogP) is 4.48. The molecule has 0 saturated carbocycles. The number of hydrogen-bond acceptors (Lipinski definition) is 4. The number of hydrogen-bond donors (Lipinski definition) is 2. The summed E-state index contributed by atoms with van der Waals surface area (Å²) in [6.45, 7) is 6.76. The molecule has 1 atom stereocenters. The van der Waals surface area contributed by atoms with Gasteiger partial charge in [0, 0.05) is 24.6 Å². The molecule has 0 fully saturated rings. The second-order valence-corrected chi connectivity index (χ2v) is 7.11. The smallest absolute Gasteiger partial charge is 0.101 e. The number of benzene rings is 1. The minimum absolute atomic E-state index is 0.137. The number of aliphatic hydroxyl groups excluding tert-OH is 1. The lowest BCUT2D eigenvalue weighted by Gasteiger charge is -2.28. The molecule has 1 heterocycles. The van der Waals surface area contributed by atoms with Crippen molar-refractivity contribution < 1.29 is 5.11 Å². The summed E-state index contributed by atoms with van der Waals surface area (Å²) in [4.78, 5) is 4.05. The van der Waals surface area contributed by atoms with E-state index >= 15 is 0 Å². The van der Waals surface area contributed by atoms with E-state index in [4.69, 9.17) is 16.9 Å². The molecule has 1 aromatic carbocycles. The maximum atomic E-state index is 10.4. The molecular formula is C19H22ClN3O. The Morgan fingerprint density at radius 2 is 2.12 bits per heavy atom. The summed E-state index contributed by atoms with van der Waals surface area (Å²) in [6.07, 6.45) is 3.44. The first kappa shape index (κ1) is 18.3. The average molecular weight is 344 g/mol. The normalized spacial score (nSPS) is 12.5. The van der Waals surface area contributed by atoms with Gasteiger partial charge in [-0.2, -0.15) is 5.26 Å². The fourth-order valence-electron chi connectivity index (χ4n) is 2.58. The highest BCUT2D eigenvalue weighted by atomic mass is 35.5. The van der Waals surface area contributed by atoms with E-state index in [2.05, 4.69) is 30.2 Å². The standard InChI is InChI=1S/C19H22ClN3O/c1-13-16(7-6-14(10-21)18(13)20)23-12-19(2,3)9-17(24)15-5-4-8-22-11-15/h4-8,11,17,23-24H,9,12H2,1-3H3. The van der Waals surface area contributed by atoms with Crippen LogP contribution in [0.15, 0.2) is 36.7 Å². The predicted molar refractivity (Wildman–Crippen MR) is 97.0 cm³/mol. The Kier molecular flexibility index (Phi) is 5.82. The molecule has 0 bridgehead atoms. The van der Waals surface area contributed by atoms with Crippen LogP contribution in [0, 0.1) is 23.7 Å². The zero-order valence-corrected chi connectivity index (χ0v) is 14.9. The molecule has 5 heteroatoms. The first-order valence-corrected chi connectivity index (χ1v) is 8.23. The van der Waals surface area contributed by atoms with E-state index in [1.165, 1.54) is 0 Å². The monoisotopic (exact) mass is 343 g/mol. The summed E-state index contributed by atoms with van der Waals surface area (Å²) in [5, 5.41) is 23.3. The molecule has 0 saturated heterocycles. The largest absolute Gasteiger partial charge is 0.388 e. The van der Waals surface area contributed by atoms with Crippen LogP contribution in [0.4, 0.5) is 5.69 Å². The fourth-order valence-corrected chi connectivity index (χ4v) is 2.79. The minimum atomic E-state index is -0.554. The fraction of sp³-hybridized carbons (Fsp3) is 0.368. The number of nitrogens with zero attached hydrogens (tertiary/aromatic N) is 2. The van der Waals surface area contributed by atoms with E-state index in [9.17, 15) is 5.11 Å². The average Bonchev–Trinajstić information content (AvgIpc) is 2.56. The van der Waals surface area contributed by atoms with Gasteiger partial charge in [-0.05, 0) is 48.1 Å². The van der Waals surface area contributed by atoms with Crippen molar-refractivity contribution in [3.05, 3.63) is 58.4 Å². The van der Waals surface area contributed by atoms with Crippen molar-refractivity contribution in [1.29, 1.82) is 5.26 Å². The summed E-state index contributed by atoms with van der Waals surface area (Å²) in [5.74, 6) is 0. The van der Waals surface area contributed by atoms with Crippen LogP contribution in [0.2, 0.25) is 5.02 Å². The number of rotatable bonds is 6. The van der Waals surface area contributed by atoms with Gasteiger partial charge in [-0.1, -0.05) is 31.5 Å². The van der Waals surface area contributed by atoms with Crippen molar-refractivity contribution in [2.75, 3.05) is 11.9 Å². The van der Waals surface area contributed by atoms with E-state index in [-0.39, 0.29) is 5.41 Å². The van der Waals surface area contributed by atoms with Gasteiger partial charge in [-0.15, -0.1) is 0 Å². The van der Waals surface area contributed by atoms with Crippen molar-refractivity contribution in [2.24, 2.45) is 5.41 Å². The molecule has 2 N–H and O–H groups in total. The summed E-state index contributed by atoms with van der Waals surface area (Å²) in [5.41, 5.74) is 2.93. The second-order valence-electron chi connectivity index (χ2n) is 6.74. The van der Waals surface area contributed by atoms with Gasteiger partial charge in [0.15, 0.2) is 0 Å². The molecule has 126 valence electrons. The molecule has 2 aromatic rings. The Bertz CT molecular complexity index is 738. The van der Waals surface area contributed by atoms with Crippen molar-refractivity contribution in [3.8, 4) is 6.07 Å². The van der Waals surface area contributed by atoms with Crippen molar-refractivity contribution in [1.82, 2.24) is 4.98 Å². The van der Waals surface area contributed by atoms with Crippen LogP contribution in [0.5, 0.6) is 0 Å². The third-order valence-electron chi connectivity index (χ3n) is 4.08. The number of pyridine rings is 1. The maximum Gasteiger partial charge on any atom is 0.101 e. The molecule has 4 nitrogen and oxygen atoms in total. The lowest BCUT2D eigenvalue weighted by Crippen LogP contribution is -2.26. The number of nitrogens with one attached hydrogen (secondary N) is 1. The molecule has 0 aliphatic rings. The van der Waals surface area contributed by atoms with Gasteiger partial charge in [0.05, 0.1) is 16.7 Å². The van der Waals surface area contributed by atoms with E-state index in [1.807, 2.05) is 25.1 Å². The van der Waals surface area contributed by atoms with Crippen LogP contribution in [0.3, 0.4) is 0 Å². The number of aromatic nitrogens is 1. The number of halogens is 1. The molecule has 0 aliphatic heterocycles. The summed E-state index contributed by atoms with van der Waals surface area (Å²) >= 11 is 6.20. The van der Waals surface area contributed by atoms with Crippen LogP contribution >= 0.6 is 11.6 Å². The van der Waals surface area contributed by atoms with Gasteiger partial charge in [0.2, 0.25) is 0 Å². The van der Waals surface area contributed by atoms with Crippen molar-refractivity contribution in [3.63, 3.8) is 0 Å². The number of anilines is 1. The van der Waals surface area contributed by atoms with Gasteiger partial charge in [0.25, 0.3) is 0 Å². The Labute approximate surface area is 148 Å². The van der Waals surface area contributed by atoms with Crippen molar-refractivity contribution >= 4 is 17.3 Å². The molecule has 1 unspecified atom stereocenters. The molecular weight excluding hydrogens is 322 g/mol. The minimum Gasteiger partial charge on any atom is -0.388 e. The van der Waals surface area contributed by atoms with Crippen LogP contribution in [-0.4, -0.2) is 16.6 Å². The zero-order valence-electron chi connectivity index (χ0n) is 14.2. The number of aliphatic hydroxyl groups is 1. The molecule has 0 spiro atoms. The Morgan fingerprint density at radius 1 is 1.38 bits per heavy atom. The first-order chi connectivity index (χ1) is 11.3. The molecule has 0 aliphatic carbocycles. The van der Waals surface area contributed by atoms with Gasteiger partial charge in [-0.25, -0.2) is 0 Å². The summed E-state index contributed by atoms with van der Waals surface area (Å²) in [6, 6.07) is 9.37. The van der Waals surface area contributed by atoms with Crippen LogP contribution in [0.25, 0.3) is 0 Å². The quantitative estimate of drug-likeness (QED) is 0.811. The first-order valence-electron chi connectivity index (χ1n) is 7.85. The van der Waals surface area contributed by atoms with Gasteiger partial charge in [0.1, 0.15) is 6.07 Å². The zero-order chi connectivity index (χ0) is 17.7. The molecule has 0 amide bonds. The maximum absolute atomic E-state index is 10.4. The van der Waals surface area contributed by atoms with E-state index in [0.717, 1.165) is 16.8 Å². The lowest BCUT2D eigenvalue weighted by atomic mass is 9.84. The Balaban J connectivity index is 2.03. The topological polar surface area (TPSA) is 68.9 Å². The summed E-state index contributed by atoms with van der Waals surface area (Å²) < 4.78 is 0. The van der Waals surface area contributed by atoms with Crippen LogP contribution in [-0.2, 0) is 0 Å². The molecule has 1 aromatic heterocycles. The van der Waals surface area contributed by atoms with Gasteiger partial charge in [-0.3, -0.25) is 4.98 Å². The third kappa shape index (κ3) is 4.47. The van der Waals surface area contributed by atoms with E-state index in [1.54, 1.807) is 18.5 Å². The van der Waals surface area contributed by atoms with Crippen LogP contribution in [0.1, 0.15) is 43.1 Å².